The number of aryl methyl sites for hydroxylation is 2. The quantitative estimate of drug-likeness (QED) is 0.0475. The van der Waals surface area contributed by atoms with E-state index < -0.39 is 86.3 Å². The minimum atomic E-state index is -2.00. The first-order chi connectivity index (χ1) is 25.3. The number of halogens is 8. The van der Waals surface area contributed by atoms with Crippen molar-refractivity contribution in [3.63, 3.8) is 0 Å². The minimum Gasteiger partial charge on any atom is -0.487 e. The zero-order valence-corrected chi connectivity index (χ0v) is 28.8. The number of fused-ring (bicyclic) bond motifs is 4. The highest BCUT2D eigenvalue weighted by atomic mass is 19.2. The maximum absolute atomic E-state index is 15.3. The molecule has 0 aliphatic heterocycles. The molecule has 1 atom stereocenters. The van der Waals surface area contributed by atoms with E-state index in [0.29, 0.717) is 60.8 Å². The lowest BCUT2D eigenvalue weighted by atomic mass is 9.76. The Balaban J connectivity index is 1.31. The monoisotopic (exact) mass is 746 g/mol. The molecule has 280 valence electrons. The lowest BCUT2D eigenvalue weighted by Gasteiger charge is -2.29. The summed E-state index contributed by atoms with van der Waals surface area (Å²) in [4.78, 5) is 26.4. The average Bonchev–Trinajstić information content (AvgIpc) is 3.72. The molecular formula is C40H34F8O5. The van der Waals surface area contributed by atoms with Crippen LogP contribution in [0.2, 0.25) is 0 Å². The number of hydrogen-bond acceptors (Lipinski definition) is 5. The summed E-state index contributed by atoms with van der Waals surface area (Å²) < 4.78 is 135. The Morgan fingerprint density at radius 2 is 1.04 bits per heavy atom. The lowest BCUT2D eigenvalue weighted by molar-refractivity contribution is 0.0711. The molecule has 0 radical (unpaired) electrons. The number of hydrogen-bond donors (Lipinski definition) is 0. The standard InChI is InChI=1S/C40H34F8O5/c1-3-4-5-6-7-8-19-51-37-35(47)33(45)26(34(46)36(37)48)39(50)53-24-14-10-12-22-16-18-40(28(22)24)17-15-21-11-9-13-23(27(21)40)52-38(49)25-31(43)29(41)20(2)30(42)32(25)44/h9-14H,3-8,15-19H2,1-2H3/t40-/m1/s1. The fraction of sp³-hybridized carbons (Fsp3) is 0.350. The van der Waals surface area contributed by atoms with Crippen LogP contribution in [0.15, 0.2) is 36.4 Å². The summed E-state index contributed by atoms with van der Waals surface area (Å²) in [6.45, 7) is 2.65. The summed E-state index contributed by atoms with van der Waals surface area (Å²) >= 11 is 0. The van der Waals surface area contributed by atoms with Crippen LogP contribution in [0.5, 0.6) is 17.2 Å². The molecule has 4 aromatic rings. The van der Waals surface area contributed by atoms with E-state index in [2.05, 4.69) is 0 Å². The van der Waals surface area contributed by atoms with E-state index in [-0.39, 0.29) is 18.1 Å². The molecule has 0 saturated heterocycles. The third-order valence-electron chi connectivity index (χ3n) is 10.1. The van der Waals surface area contributed by atoms with Gasteiger partial charge in [0.2, 0.25) is 11.6 Å². The molecule has 1 spiro atoms. The highest BCUT2D eigenvalue weighted by Crippen LogP contribution is 2.57. The van der Waals surface area contributed by atoms with Crippen LogP contribution >= 0.6 is 0 Å². The molecule has 6 rings (SSSR count). The third kappa shape index (κ3) is 6.63. The molecule has 4 aromatic carbocycles. The van der Waals surface area contributed by atoms with Crippen LogP contribution < -0.4 is 14.2 Å². The van der Waals surface area contributed by atoms with Gasteiger partial charge in [-0.05, 0) is 62.3 Å². The number of carbonyl (C=O) groups is 2. The van der Waals surface area contributed by atoms with Crippen molar-refractivity contribution in [3.8, 4) is 17.2 Å². The number of carbonyl (C=O) groups excluding carboxylic acids is 2. The van der Waals surface area contributed by atoms with Crippen LogP contribution in [-0.4, -0.2) is 18.5 Å². The Kier molecular flexibility index (Phi) is 10.8. The van der Waals surface area contributed by atoms with Gasteiger partial charge in [0.25, 0.3) is 0 Å². The van der Waals surface area contributed by atoms with Crippen molar-refractivity contribution >= 4 is 11.9 Å². The molecule has 2 aliphatic carbocycles. The first-order valence-electron chi connectivity index (χ1n) is 17.3. The van der Waals surface area contributed by atoms with Crippen LogP contribution in [-0.2, 0) is 18.3 Å². The highest BCUT2D eigenvalue weighted by Gasteiger charge is 2.49. The predicted octanol–water partition coefficient (Wildman–Crippen LogP) is 10.5. The predicted molar refractivity (Wildman–Crippen MR) is 176 cm³/mol. The zero-order valence-electron chi connectivity index (χ0n) is 28.8. The topological polar surface area (TPSA) is 61.8 Å². The van der Waals surface area contributed by atoms with Crippen molar-refractivity contribution in [1.29, 1.82) is 0 Å². The van der Waals surface area contributed by atoms with E-state index in [4.69, 9.17) is 14.2 Å². The second-order valence-electron chi connectivity index (χ2n) is 13.3. The first kappa shape index (κ1) is 37.8. The summed E-state index contributed by atoms with van der Waals surface area (Å²) in [6, 6.07) is 9.04. The number of rotatable bonds is 12. The van der Waals surface area contributed by atoms with Crippen LogP contribution in [0.3, 0.4) is 0 Å². The molecule has 2 aliphatic rings. The van der Waals surface area contributed by atoms with Crippen LogP contribution in [0.4, 0.5) is 35.1 Å². The number of esters is 2. The van der Waals surface area contributed by atoms with E-state index in [9.17, 15) is 27.2 Å². The first-order valence-corrected chi connectivity index (χ1v) is 17.3. The summed E-state index contributed by atoms with van der Waals surface area (Å²) in [7, 11) is 0. The summed E-state index contributed by atoms with van der Waals surface area (Å²) in [5.74, 6) is -20.3. The SMILES string of the molecule is CCCCCCCCOc1c(F)c(F)c(C(=O)Oc2cccc3c2[C@]2(CCc4cccc(OC(=O)c5c(F)c(F)c(C)c(F)c5F)c42)CC3)c(F)c1F. The average molecular weight is 747 g/mol. The van der Waals surface area contributed by atoms with Gasteiger partial charge >= 0.3 is 11.9 Å². The van der Waals surface area contributed by atoms with Gasteiger partial charge in [0, 0.05) is 22.1 Å². The molecular weight excluding hydrogens is 712 g/mol. The summed E-state index contributed by atoms with van der Waals surface area (Å²) in [6.07, 6.45) is 6.33. The highest BCUT2D eigenvalue weighted by molar-refractivity contribution is 5.93. The second-order valence-corrected chi connectivity index (χ2v) is 13.3. The minimum absolute atomic E-state index is 0.197. The van der Waals surface area contributed by atoms with Gasteiger partial charge in [-0.2, -0.15) is 8.78 Å². The maximum Gasteiger partial charge on any atom is 0.349 e. The fourth-order valence-electron chi connectivity index (χ4n) is 7.47. The third-order valence-corrected chi connectivity index (χ3v) is 10.1. The van der Waals surface area contributed by atoms with E-state index in [1.54, 1.807) is 12.1 Å². The van der Waals surface area contributed by atoms with Crippen LogP contribution in [0, 0.1) is 53.5 Å². The molecule has 0 aromatic heterocycles. The van der Waals surface area contributed by atoms with Gasteiger partial charge in [-0.3, -0.25) is 0 Å². The second kappa shape index (κ2) is 15.2. The van der Waals surface area contributed by atoms with E-state index >= 15 is 17.6 Å². The smallest absolute Gasteiger partial charge is 0.349 e. The summed E-state index contributed by atoms with van der Waals surface area (Å²) in [5.41, 5.74) is -3.28. The molecule has 5 nitrogen and oxygen atoms in total. The van der Waals surface area contributed by atoms with Gasteiger partial charge in [0.05, 0.1) is 6.61 Å². The van der Waals surface area contributed by atoms with Crippen molar-refractivity contribution in [3.05, 3.63) is 122 Å². The van der Waals surface area contributed by atoms with Crippen molar-refractivity contribution < 1.29 is 58.9 Å². The van der Waals surface area contributed by atoms with Gasteiger partial charge in [-0.25, -0.2) is 35.9 Å². The maximum atomic E-state index is 15.3. The molecule has 0 heterocycles. The Bertz CT molecular complexity index is 2050. The summed E-state index contributed by atoms with van der Waals surface area (Å²) in [5, 5.41) is 0. The van der Waals surface area contributed by atoms with Crippen molar-refractivity contribution in [2.75, 3.05) is 6.61 Å². The molecule has 13 heteroatoms. The molecule has 0 bridgehead atoms. The van der Waals surface area contributed by atoms with Crippen molar-refractivity contribution in [2.45, 2.75) is 83.5 Å². The molecule has 0 amide bonds. The molecule has 53 heavy (non-hydrogen) atoms. The molecule has 0 unspecified atom stereocenters. The normalized spacial score (nSPS) is 15.8. The van der Waals surface area contributed by atoms with Crippen LogP contribution in [0.25, 0.3) is 0 Å². The van der Waals surface area contributed by atoms with Gasteiger partial charge in [-0.1, -0.05) is 63.3 Å². The van der Waals surface area contributed by atoms with Crippen LogP contribution in [0.1, 0.15) is 107 Å². The zero-order chi connectivity index (χ0) is 38.2. The molecule has 0 saturated carbocycles. The van der Waals surface area contributed by atoms with E-state index in [1.807, 2.05) is 6.92 Å². The number of unbranched alkanes of at least 4 members (excludes halogenated alkanes) is 5. The largest absolute Gasteiger partial charge is 0.487 e. The molecule has 0 fully saturated rings. The lowest BCUT2D eigenvalue weighted by Crippen LogP contribution is -2.25. The van der Waals surface area contributed by atoms with Crippen molar-refractivity contribution in [1.82, 2.24) is 0 Å². The Labute approximate surface area is 299 Å². The van der Waals surface area contributed by atoms with E-state index in [0.717, 1.165) is 32.6 Å². The number of ether oxygens (including phenoxy) is 3. The van der Waals surface area contributed by atoms with Gasteiger partial charge in [0.15, 0.2) is 40.7 Å². The van der Waals surface area contributed by atoms with Crippen molar-refractivity contribution in [2.24, 2.45) is 0 Å². The van der Waals surface area contributed by atoms with Gasteiger partial charge in [0.1, 0.15) is 22.6 Å². The Morgan fingerprint density at radius 3 is 1.51 bits per heavy atom. The fourth-order valence-corrected chi connectivity index (χ4v) is 7.47. The molecule has 0 N–H and O–H groups in total. The Hall–Kier alpha value is -4.94. The van der Waals surface area contributed by atoms with Gasteiger partial charge < -0.3 is 14.2 Å². The van der Waals surface area contributed by atoms with E-state index in [1.165, 1.54) is 24.3 Å². The number of benzene rings is 4. The van der Waals surface area contributed by atoms with Gasteiger partial charge in [-0.15, -0.1) is 0 Å². The Morgan fingerprint density at radius 1 is 0.604 bits per heavy atom.